The molecule has 4 nitrogen and oxygen atoms in total. The van der Waals surface area contributed by atoms with Gasteiger partial charge in [-0.05, 0) is 18.8 Å². The maximum absolute atomic E-state index is 12.0. The van der Waals surface area contributed by atoms with E-state index in [9.17, 15) is 14.4 Å². The van der Waals surface area contributed by atoms with Gasteiger partial charge in [-0.25, -0.2) is 0 Å². The van der Waals surface area contributed by atoms with Crippen molar-refractivity contribution in [2.24, 2.45) is 16.7 Å². The van der Waals surface area contributed by atoms with Crippen LogP contribution in [0.15, 0.2) is 0 Å². The van der Waals surface area contributed by atoms with Gasteiger partial charge in [0.15, 0.2) is 0 Å². The molecule has 0 radical (unpaired) electrons. The standard InChI is InChI=1S/C12H16O4/c1-6(13)16-8-5-7-9(14)10(15)12(8,4)11(7,2)3/h7-8H,5H2,1-4H3/t7-,8-,12-/m1/s1. The van der Waals surface area contributed by atoms with Crippen molar-refractivity contribution in [1.82, 2.24) is 0 Å². The zero-order valence-electron chi connectivity index (χ0n) is 9.99. The molecule has 4 heteroatoms. The van der Waals surface area contributed by atoms with E-state index < -0.39 is 22.9 Å². The third-order valence-corrected chi connectivity index (χ3v) is 4.62. The fourth-order valence-corrected chi connectivity index (χ4v) is 3.18. The van der Waals surface area contributed by atoms with Gasteiger partial charge in [-0.15, -0.1) is 0 Å². The summed E-state index contributed by atoms with van der Waals surface area (Å²) in [6.07, 6.45) is 0.0309. The molecule has 2 aliphatic rings. The quantitative estimate of drug-likeness (QED) is 0.494. The molecule has 0 aromatic heterocycles. The number of rotatable bonds is 1. The zero-order valence-corrected chi connectivity index (χ0v) is 9.99. The largest absolute Gasteiger partial charge is 0.461 e. The van der Waals surface area contributed by atoms with Gasteiger partial charge in [0.25, 0.3) is 0 Å². The molecule has 2 fully saturated rings. The van der Waals surface area contributed by atoms with Crippen molar-refractivity contribution in [1.29, 1.82) is 0 Å². The summed E-state index contributed by atoms with van der Waals surface area (Å²) in [4.78, 5) is 34.7. The summed E-state index contributed by atoms with van der Waals surface area (Å²) in [5, 5.41) is 0. The lowest BCUT2D eigenvalue weighted by Gasteiger charge is -2.35. The molecular weight excluding hydrogens is 208 g/mol. The van der Waals surface area contributed by atoms with Crippen molar-refractivity contribution in [2.45, 2.75) is 40.2 Å². The molecule has 2 rings (SSSR count). The fourth-order valence-electron chi connectivity index (χ4n) is 3.18. The third-order valence-electron chi connectivity index (χ3n) is 4.62. The lowest BCUT2D eigenvalue weighted by Crippen LogP contribution is -2.45. The Balaban J connectivity index is 2.43. The topological polar surface area (TPSA) is 60.4 Å². The van der Waals surface area contributed by atoms with Gasteiger partial charge < -0.3 is 4.74 Å². The van der Waals surface area contributed by atoms with E-state index in [-0.39, 0.29) is 17.5 Å². The zero-order chi connectivity index (χ0) is 12.3. The van der Waals surface area contributed by atoms with Crippen LogP contribution in [-0.2, 0) is 19.1 Å². The second-order valence-electron chi connectivity index (χ2n) is 5.50. The van der Waals surface area contributed by atoms with E-state index >= 15 is 0 Å². The van der Waals surface area contributed by atoms with Crippen molar-refractivity contribution in [2.75, 3.05) is 0 Å². The highest BCUT2D eigenvalue weighted by atomic mass is 16.5. The van der Waals surface area contributed by atoms with E-state index in [1.165, 1.54) is 6.92 Å². The summed E-state index contributed by atoms with van der Waals surface area (Å²) in [7, 11) is 0. The minimum Gasteiger partial charge on any atom is -0.461 e. The molecule has 0 aliphatic heterocycles. The van der Waals surface area contributed by atoms with Gasteiger partial charge in [-0.2, -0.15) is 0 Å². The van der Waals surface area contributed by atoms with E-state index in [1.54, 1.807) is 6.92 Å². The monoisotopic (exact) mass is 224 g/mol. The van der Waals surface area contributed by atoms with E-state index in [2.05, 4.69) is 0 Å². The number of ether oxygens (including phenoxy) is 1. The van der Waals surface area contributed by atoms with Gasteiger partial charge in [0.1, 0.15) is 6.10 Å². The fraction of sp³-hybridized carbons (Fsp3) is 0.750. The highest BCUT2D eigenvalue weighted by Gasteiger charge is 2.72. The Kier molecular flexibility index (Phi) is 2.07. The lowest BCUT2D eigenvalue weighted by molar-refractivity contribution is -0.160. The second kappa shape index (κ2) is 2.93. The van der Waals surface area contributed by atoms with Crippen LogP contribution in [0.2, 0.25) is 0 Å². The van der Waals surface area contributed by atoms with Crippen molar-refractivity contribution in [3.05, 3.63) is 0 Å². The van der Waals surface area contributed by atoms with Crippen LogP contribution in [0.25, 0.3) is 0 Å². The average molecular weight is 224 g/mol. The number of hydrogen-bond donors (Lipinski definition) is 0. The summed E-state index contributed by atoms with van der Waals surface area (Å²) in [6.45, 7) is 6.89. The number of hydrogen-bond acceptors (Lipinski definition) is 4. The minimum atomic E-state index is -0.847. The van der Waals surface area contributed by atoms with Crippen LogP contribution in [0.3, 0.4) is 0 Å². The Hall–Kier alpha value is -1.19. The van der Waals surface area contributed by atoms with Gasteiger partial charge in [-0.3, -0.25) is 14.4 Å². The van der Waals surface area contributed by atoms with Crippen LogP contribution in [0.5, 0.6) is 0 Å². The molecule has 0 aromatic rings. The molecule has 3 atom stereocenters. The third kappa shape index (κ3) is 1.02. The summed E-state index contributed by atoms with van der Waals surface area (Å²) < 4.78 is 5.19. The SMILES string of the molecule is CC(=O)O[C@@H]1C[C@@H]2C(=O)C(=O)[C@]1(C)C2(C)C. The van der Waals surface area contributed by atoms with Gasteiger partial charge in [0.2, 0.25) is 11.6 Å². The normalized spacial score (nSPS) is 40.2. The number of esters is 1. The van der Waals surface area contributed by atoms with Crippen LogP contribution < -0.4 is 0 Å². The first-order chi connectivity index (χ1) is 7.23. The maximum atomic E-state index is 12.0. The van der Waals surface area contributed by atoms with E-state index in [0.717, 1.165) is 0 Å². The van der Waals surface area contributed by atoms with Crippen LogP contribution in [0.1, 0.15) is 34.1 Å². The minimum absolute atomic E-state index is 0.295. The Morgan fingerprint density at radius 2 is 1.88 bits per heavy atom. The number of carbonyl (C=O) groups excluding carboxylic acids is 3. The molecular formula is C12H16O4. The molecule has 88 valence electrons. The van der Waals surface area contributed by atoms with Gasteiger partial charge >= 0.3 is 5.97 Å². The van der Waals surface area contributed by atoms with E-state index in [0.29, 0.717) is 6.42 Å². The van der Waals surface area contributed by atoms with E-state index in [1.807, 2.05) is 13.8 Å². The van der Waals surface area contributed by atoms with Gasteiger partial charge in [0.05, 0.1) is 5.41 Å². The number of carbonyl (C=O) groups is 3. The predicted molar refractivity (Wildman–Crippen MR) is 55.6 cm³/mol. The van der Waals surface area contributed by atoms with Crippen molar-refractivity contribution >= 4 is 17.5 Å². The number of ketones is 2. The Labute approximate surface area is 94.3 Å². The smallest absolute Gasteiger partial charge is 0.302 e. The molecule has 0 heterocycles. The number of Topliss-reactive ketones (excluding diaryl/α,β-unsaturated/α-hetero) is 2. The Bertz CT molecular complexity index is 396. The van der Waals surface area contributed by atoms with Crippen LogP contribution in [-0.4, -0.2) is 23.6 Å². The number of fused-ring (bicyclic) bond motifs is 2. The molecule has 0 spiro atoms. The van der Waals surface area contributed by atoms with Crippen LogP contribution >= 0.6 is 0 Å². The Morgan fingerprint density at radius 1 is 1.31 bits per heavy atom. The average Bonchev–Trinajstić information content (AvgIpc) is 2.41. The first-order valence-electron chi connectivity index (χ1n) is 5.48. The molecule has 0 N–H and O–H groups in total. The first-order valence-corrected chi connectivity index (χ1v) is 5.48. The molecule has 0 amide bonds. The highest BCUT2D eigenvalue weighted by molar-refractivity contribution is 6.43. The second-order valence-corrected chi connectivity index (χ2v) is 5.50. The maximum Gasteiger partial charge on any atom is 0.302 e. The summed E-state index contributed by atoms with van der Waals surface area (Å²) in [5.41, 5.74) is -1.26. The van der Waals surface area contributed by atoms with Crippen LogP contribution in [0.4, 0.5) is 0 Å². The molecule has 2 bridgehead atoms. The molecule has 0 saturated heterocycles. The van der Waals surface area contributed by atoms with Gasteiger partial charge in [-0.1, -0.05) is 13.8 Å². The summed E-state index contributed by atoms with van der Waals surface area (Å²) in [6, 6.07) is 0. The van der Waals surface area contributed by atoms with Crippen molar-refractivity contribution in [3.8, 4) is 0 Å². The Morgan fingerprint density at radius 3 is 2.25 bits per heavy atom. The summed E-state index contributed by atoms with van der Waals surface area (Å²) >= 11 is 0. The molecule has 0 aromatic carbocycles. The molecule has 0 unspecified atom stereocenters. The predicted octanol–water partition coefficient (Wildman–Crippen LogP) is 1.12. The van der Waals surface area contributed by atoms with E-state index in [4.69, 9.17) is 4.74 Å². The van der Waals surface area contributed by atoms with Gasteiger partial charge in [0, 0.05) is 12.8 Å². The van der Waals surface area contributed by atoms with Crippen molar-refractivity contribution in [3.63, 3.8) is 0 Å². The molecule has 16 heavy (non-hydrogen) atoms. The lowest BCUT2D eigenvalue weighted by atomic mass is 9.69. The highest BCUT2D eigenvalue weighted by Crippen LogP contribution is 2.62. The van der Waals surface area contributed by atoms with Crippen molar-refractivity contribution < 1.29 is 19.1 Å². The molecule has 2 aliphatic carbocycles. The van der Waals surface area contributed by atoms with Crippen LogP contribution in [0, 0.1) is 16.7 Å². The first kappa shape index (κ1) is 11.3. The summed E-state index contributed by atoms with van der Waals surface area (Å²) in [5.74, 6) is -1.36. The molecule has 2 saturated carbocycles.